The van der Waals surface area contributed by atoms with Crippen LogP contribution < -0.4 is 0 Å². The van der Waals surface area contributed by atoms with Crippen LogP contribution in [-0.4, -0.2) is 23.0 Å². The molecule has 1 aromatic rings. The number of thiophene rings is 1. The molecule has 0 radical (unpaired) electrons. The number of carbonyl (C=O) groups excluding carboxylic acids is 1. The van der Waals surface area contributed by atoms with Crippen molar-refractivity contribution in [2.45, 2.75) is 6.92 Å². The first-order valence-electron chi connectivity index (χ1n) is 4.03. The van der Waals surface area contributed by atoms with Crippen LogP contribution >= 0.6 is 11.3 Å². The molecule has 0 aliphatic carbocycles. The van der Waals surface area contributed by atoms with E-state index in [1.165, 1.54) is 11.3 Å². The molecule has 0 aromatic carbocycles. The maximum atomic E-state index is 11.2. The second kappa shape index (κ2) is 7.52. The summed E-state index contributed by atoms with van der Waals surface area (Å²) in [6.45, 7) is 2.17. The molecule has 86 valence electrons. The standard InChI is InChI=1S/C10H9O2S.Ni.H2O/c1-3-5-8-6-9(13-7-8)10(11)12-4-2;;/h1,3,5-6H,4H2,2H3;;1H2/q-1;;/p-1/b5-3-;;. The van der Waals surface area contributed by atoms with Crippen LogP contribution in [0.15, 0.2) is 12.1 Å². The molecule has 1 N–H and O–H groups in total. The van der Waals surface area contributed by atoms with E-state index in [0.717, 1.165) is 5.56 Å². The fraction of sp³-hybridized carbons (Fsp3) is 0.200. The van der Waals surface area contributed by atoms with Gasteiger partial charge in [-0.2, -0.15) is 0 Å². The molecule has 5 heteroatoms. The van der Waals surface area contributed by atoms with Crippen LogP contribution in [-0.2, 0) is 19.8 Å². The maximum absolute atomic E-state index is 11.2. The molecular weight excluding hydrogens is 259 g/mol. The third kappa shape index (κ3) is 4.51. The average Bonchev–Trinajstić information content (AvgIpc) is 2.63. The van der Waals surface area contributed by atoms with Gasteiger partial charge in [-0.15, -0.1) is 0 Å². The molecule has 0 amide bonds. The first-order valence-corrected chi connectivity index (χ1v) is 5.41. The molecule has 0 saturated heterocycles. The summed E-state index contributed by atoms with van der Waals surface area (Å²) in [5.74, 6) is -0.293. The summed E-state index contributed by atoms with van der Waals surface area (Å²) in [4.78, 5) is 13.4. The quantitative estimate of drug-likeness (QED) is 0.476. The average molecular weight is 269 g/mol. The van der Waals surface area contributed by atoms with E-state index >= 15 is 0 Å². The summed E-state index contributed by atoms with van der Waals surface area (Å²) in [6, 6.07) is 1.74. The molecule has 0 atom stereocenters. The molecule has 15 heavy (non-hydrogen) atoms. The summed E-state index contributed by atoms with van der Waals surface area (Å²) < 4.78 is 4.85. The fourth-order valence-electron chi connectivity index (χ4n) is 0.833. The van der Waals surface area contributed by atoms with E-state index in [1.54, 1.807) is 24.1 Å². The van der Waals surface area contributed by atoms with E-state index in [9.17, 15) is 4.79 Å². The van der Waals surface area contributed by atoms with Crippen molar-refractivity contribution in [3.8, 4) is 0 Å². The molecule has 1 aromatic heterocycles. The first kappa shape index (κ1) is 14.2. The molecule has 0 unspecified atom stereocenters. The van der Waals surface area contributed by atoms with Crippen LogP contribution in [0, 0.1) is 5.38 Å². The normalized spacial score (nSPS) is 9.80. The second-order valence-corrected chi connectivity index (χ2v) is 3.53. The van der Waals surface area contributed by atoms with Crippen LogP contribution in [0.25, 0.3) is 6.08 Å². The number of esters is 1. The Morgan fingerprint density at radius 3 is 3.07 bits per heavy atom. The summed E-state index contributed by atoms with van der Waals surface area (Å²) in [7, 11) is 0. The number of hydrogen-bond acceptors (Lipinski definition) is 4. The minimum Gasteiger partial charge on any atom is -0.870 e. The van der Waals surface area contributed by atoms with Gasteiger partial charge in [-0.3, -0.25) is 0 Å². The topological polar surface area (TPSA) is 56.3 Å². The minimum atomic E-state index is -0.293. The van der Waals surface area contributed by atoms with Crippen molar-refractivity contribution in [3.63, 3.8) is 0 Å². The van der Waals surface area contributed by atoms with Gasteiger partial charge in [0.05, 0.1) is 0 Å². The van der Waals surface area contributed by atoms with E-state index < -0.39 is 0 Å². The Bertz CT molecular complexity index is 357. The summed E-state index contributed by atoms with van der Waals surface area (Å²) in [5, 5.41) is 2.97. The number of allylic oxidation sites excluding steroid dienone is 1. The van der Waals surface area contributed by atoms with Gasteiger partial charge >= 0.3 is 94.4 Å². The number of carbonyl (C=O) groups is 1. The van der Waals surface area contributed by atoms with Crippen molar-refractivity contribution in [1.29, 1.82) is 0 Å². The van der Waals surface area contributed by atoms with E-state index in [4.69, 9.17) is 4.74 Å². The first-order chi connectivity index (χ1) is 6.77. The van der Waals surface area contributed by atoms with Gasteiger partial charge in [-0.25, -0.2) is 0 Å². The number of hydrogen-bond donors (Lipinski definition) is 0. The van der Waals surface area contributed by atoms with E-state index in [2.05, 4.69) is 20.4 Å². The molecule has 0 bridgehead atoms. The Labute approximate surface area is 100.0 Å². The number of rotatable bonds is 4. The van der Waals surface area contributed by atoms with Crippen molar-refractivity contribution in [1.82, 2.24) is 0 Å². The summed E-state index contributed by atoms with van der Waals surface area (Å²) in [6.07, 6.45) is 3.55. The van der Waals surface area contributed by atoms with Crippen LogP contribution in [0.5, 0.6) is 0 Å². The van der Waals surface area contributed by atoms with Gasteiger partial charge in [0.1, 0.15) is 0 Å². The van der Waals surface area contributed by atoms with Gasteiger partial charge in [0.25, 0.3) is 0 Å². The molecule has 1 rings (SSSR count). The Morgan fingerprint density at radius 2 is 2.47 bits per heavy atom. The van der Waals surface area contributed by atoms with Crippen LogP contribution in [0.2, 0.25) is 0 Å². The van der Waals surface area contributed by atoms with Gasteiger partial charge in [-0.1, -0.05) is 0 Å². The van der Waals surface area contributed by atoms with E-state index in [-0.39, 0.29) is 11.4 Å². The molecule has 0 saturated carbocycles. The monoisotopic (exact) mass is 268 g/mol. The van der Waals surface area contributed by atoms with Gasteiger partial charge in [0.2, 0.25) is 0 Å². The Hall–Kier alpha value is -0.766. The van der Waals surface area contributed by atoms with Crippen molar-refractivity contribution >= 4 is 28.4 Å². The van der Waals surface area contributed by atoms with Gasteiger partial charge in [-0.05, 0) is 0 Å². The molecule has 3 nitrogen and oxygen atoms in total. The number of ether oxygens (including phenoxy) is 1. The van der Waals surface area contributed by atoms with Gasteiger partial charge < -0.3 is 5.48 Å². The predicted octanol–water partition coefficient (Wildman–Crippen LogP) is 1.91. The third-order valence-electron chi connectivity index (χ3n) is 1.38. The second-order valence-electron chi connectivity index (χ2n) is 2.35. The SMILES string of the molecule is CCOC(=O)c1cc(/C=C\[CH]=[Ni])[c-]s1.[OH-]. The Balaban J connectivity index is 0.00000196. The summed E-state index contributed by atoms with van der Waals surface area (Å²) >= 11 is 5.62. The van der Waals surface area contributed by atoms with Crippen molar-refractivity contribution < 1.29 is 30.0 Å². The largest absolute Gasteiger partial charge is 0.870 e. The molecule has 0 spiro atoms. The zero-order chi connectivity index (χ0) is 10.4. The van der Waals surface area contributed by atoms with E-state index in [0.29, 0.717) is 11.5 Å². The Morgan fingerprint density at radius 1 is 1.73 bits per heavy atom. The van der Waals surface area contributed by atoms with Crippen molar-refractivity contribution in [2.75, 3.05) is 6.61 Å². The molecule has 0 fully saturated rings. The van der Waals surface area contributed by atoms with Crippen molar-refractivity contribution in [2.24, 2.45) is 0 Å². The molecular formula is C10H10NiO3S-2. The van der Waals surface area contributed by atoms with Crippen LogP contribution in [0.4, 0.5) is 0 Å². The van der Waals surface area contributed by atoms with Gasteiger partial charge in [0, 0.05) is 0 Å². The van der Waals surface area contributed by atoms with Crippen LogP contribution in [0.3, 0.4) is 0 Å². The minimum absolute atomic E-state index is 0. The smallest absolute Gasteiger partial charge is 0.870 e. The zero-order valence-electron chi connectivity index (χ0n) is 8.00. The predicted molar refractivity (Wildman–Crippen MR) is 56.1 cm³/mol. The maximum Gasteiger partial charge on any atom is -0.870 e. The summed E-state index contributed by atoms with van der Waals surface area (Å²) in [5.41, 5.74) is 0.853. The zero-order valence-corrected chi connectivity index (χ0v) is 9.81. The van der Waals surface area contributed by atoms with Crippen LogP contribution in [0.1, 0.15) is 22.2 Å². The molecule has 0 aliphatic rings. The Kier molecular flexibility index (Phi) is 7.13. The third-order valence-corrected chi connectivity index (χ3v) is 2.41. The molecule has 1 heterocycles. The fourth-order valence-corrected chi connectivity index (χ4v) is 1.61. The van der Waals surface area contributed by atoms with Crippen molar-refractivity contribution in [3.05, 3.63) is 28.0 Å². The molecule has 0 aliphatic heterocycles. The van der Waals surface area contributed by atoms with E-state index in [1.807, 2.05) is 6.08 Å². The van der Waals surface area contributed by atoms with Gasteiger partial charge in [0.15, 0.2) is 0 Å².